The van der Waals surface area contributed by atoms with Crippen molar-refractivity contribution in [2.75, 3.05) is 37.4 Å². The number of carbonyl (C=O) groups is 1. The summed E-state index contributed by atoms with van der Waals surface area (Å²) in [7, 11) is 3.96. The number of aryl methyl sites for hydroxylation is 1. The van der Waals surface area contributed by atoms with Crippen molar-refractivity contribution in [1.29, 1.82) is 0 Å². The van der Waals surface area contributed by atoms with Crippen molar-refractivity contribution in [3.63, 3.8) is 0 Å². The largest absolute Gasteiger partial charge is 0.457 e. The Morgan fingerprint density at radius 1 is 1.08 bits per heavy atom. The Morgan fingerprint density at radius 3 is 2.82 bits per heavy atom. The predicted octanol–water partition coefficient (Wildman–Crippen LogP) is 4.14. The molecule has 1 fully saturated rings. The van der Waals surface area contributed by atoms with E-state index in [9.17, 15) is 4.79 Å². The van der Waals surface area contributed by atoms with E-state index in [4.69, 9.17) is 4.74 Å². The highest BCUT2D eigenvalue weighted by Crippen LogP contribution is 2.32. The van der Waals surface area contributed by atoms with Crippen LogP contribution < -0.4 is 15.0 Å². The molecule has 1 aliphatic rings. The summed E-state index contributed by atoms with van der Waals surface area (Å²) in [6.07, 6.45) is 9.18. The molecule has 4 aromatic heterocycles. The monoisotopic (exact) mass is 521 g/mol. The van der Waals surface area contributed by atoms with Gasteiger partial charge in [-0.3, -0.25) is 9.69 Å². The van der Waals surface area contributed by atoms with Gasteiger partial charge in [-0.2, -0.15) is 5.10 Å². The Labute approximate surface area is 224 Å². The summed E-state index contributed by atoms with van der Waals surface area (Å²) in [5.41, 5.74) is 4.00. The summed E-state index contributed by atoms with van der Waals surface area (Å²) >= 11 is 0. The Hall–Kier alpha value is -4.90. The van der Waals surface area contributed by atoms with Gasteiger partial charge in [-0.25, -0.2) is 24.5 Å². The van der Waals surface area contributed by atoms with Gasteiger partial charge in [0.25, 0.3) is 5.91 Å². The van der Waals surface area contributed by atoms with Crippen LogP contribution in [0.25, 0.3) is 16.6 Å². The molecule has 196 valence electrons. The molecule has 5 aromatic rings. The van der Waals surface area contributed by atoms with Crippen LogP contribution in [0.15, 0.2) is 73.1 Å². The van der Waals surface area contributed by atoms with Crippen LogP contribution in [0.5, 0.6) is 11.5 Å². The van der Waals surface area contributed by atoms with Gasteiger partial charge in [0, 0.05) is 42.0 Å². The number of hydrogen-bond acceptors (Lipinski definition) is 9. The van der Waals surface area contributed by atoms with E-state index in [1.165, 1.54) is 12.7 Å². The Balaban J connectivity index is 1.23. The van der Waals surface area contributed by atoms with E-state index < -0.39 is 0 Å². The maximum Gasteiger partial charge on any atom is 0.255 e. The second-order valence-corrected chi connectivity index (χ2v) is 9.61. The summed E-state index contributed by atoms with van der Waals surface area (Å²) in [4.78, 5) is 34.3. The highest BCUT2D eigenvalue weighted by atomic mass is 16.5. The molecule has 0 saturated carbocycles. The van der Waals surface area contributed by atoms with Gasteiger partial charge in [-0.1, -0.05) is 6.08 Å². The normalized spacial score (nSPS) is 14.7. The molecule has 0 unspecified atom stereocenters. The number of pyridine rings is 2. The number of anilines is 3. The number of fused-ring (bicyclic) bond motifs is 2. The third-order valence-electron chi connectivity index (χ3n) is 6.53. The van der Waals surface area contributed by atoms with Gasteiger partial charge in [0.1, 0.15) is 35.8 Å². The number of nitrogens with zero attached hydrogens (tertiary/aromatic N) is 8. The molecular weight excluding hydrogens is 494 g/mol. The topological polar surface area (TPSA) is 114 Å². The number of aromatic nitrogens is 6. The fourth-order valence-electron chi connectivity index (χ4n) is 4.48. The average molecular weight is 522 g/mol. The lowest BCUT2D eigenvalue weighted by Gasteiger charge is -2.16. The zero-order valence-corrected chi connectivity index (χ0v) is 21.9. The van der Waals surface area contributed by atoms with E-state index in [-0.39, 0.29) is 5.91 Å². The molecule has 39 heavy (non-hydrogen) atoms. The first kappa shape index (κ1) is 24.4. The first-order chi connectivity index (χ1) is 18.9. The molecule has 0 bridgehead atoms. The molecule has 1 N–H and O–H groups in total. The smallest absolute Gasteiger partial charge is 0.255 e. The third-order valence-corrected chi connectivity index (χ3v) is 6.53. The van der Waals surface area contributed by atoms with Crippen LogP contribution in [-0.4, -0.2) is 67.5 Å². The van der Waals surface area contributed by atoms with Crippen molar-refractivity contribution < 1.29 is 9.53 Å². The van der Waals surface area contributed by atoms with Crippen LogP contribution in [0, 0.1) is 6.92 Å². The minimum absolute atomic E-state index is 0.00978. The van der Waals surface area contributed by atoms with Crippen LogP contribution in [0.3, 0.4) is 0 Å². The molecule has 1 aromatic carbocycles. The van der Waals surface area contributed by atoms with Crippen LogP contribution in [-0.2, 0) is 4.79 Å². The van der Waals surface area contributed by atoms with Crippen molar-refractivity contribution in [2.45, 2.75) is 13.3 Å². The van der Waals surface area contributed by atoms with Crippen molar-refractivity contribution in [3.05, 3.63) is 78.7 Å². The zero-order chi connectivity index (χ0) is 26.9. The van der Waals surface area contributed by atoms with Crippen LogP contribution in [0.1, 0.15) is 12.0 Å². The Bertz CT molecular complexity index is 1730. The molecule has 6 rings (SSSR count). The maximum absolute atomic E-state index is 13.0. The van der Waals surface area contributed by atoms with Crippen LogP contribution in [0.2, 0.25) is 0 Å². The molecule has 0 aliphatic carbocycles. The highest BCUT2D eigenvalue weighted by molar-refractivity contribution is 6.08. The first-order valence-corrected chi connectivity index (χ1v) is 12.6. The molecule has 11 heteroatoms. The van der Waals surface area contributed by atoms with E-state index in [1.54, 1.807) is 15.6 Å². The molecule has 1 amide bonds. The van der Waals surface area contributed by atoms with Gasteiger partial charge in [0.05, 0.1) is 11.7 Å². The number of nitrogens with one attached hydrogen (secondary N) is 1. The summed E-state index contributed by atoms with van der Waals surface area (Å²) in [5.74, 6) is 2.61. The third kappa shape index (κ3) is 4.99. The Kier molecular flexibility index (Phi) is 6.33. The van der Waals surface area contributed by atoms with Crippen LogP contribution in [0.4, 0.5) is 17.3 Å². The summed E-state index contributed by atoms with van der Waals surface area (Å²) in [6.45, 7) is 3.30. The summed E-state index contributed by atoms with van der Waals surface area (Å²) < 4.78 is 7.78. The van der Waals surface area contributed by atoms with Gasteiger partial charge in [-0.05, 0) is 63.3 Å². The van der Waals surface area contributed by atoms with E-state index >= 15 is 0 Å². The lowest BCUT2D eigenvalue weighted by molar-refractivity contribution is -0.114. The second-order valence-electron chi connectivity index (χ2n) is 9.61. The molecular formula is C28H27N9O2. The fourth-order valence-corrected chi connectivity index (χ4v) is 4.48. The minimum Gasteiger partial charge on any atom is -0.457 e. The van der Waals surface area contributed by atoms with Crippen molar-refractivity contribution in [2.24, 2.45) is 0 Å². The van der Waals surface area contributed by atoms with Gasteiger partial charge < -0.3 is 15.0 Å². The molecule has 1 saturated heterocycles. The van der Waals surface area contributed by atoms with E-state index in [2.05, 4.69) is 30.4 Å². The molecule has 11 nitrogen and oxygen atoms in total. The lowest BCUT2D eigenvalue weighted by atomic mass is 10.2. The number of amides is 1. The summed E-state index contributed by atoms with van der Waals surface area (Å²) in [6, 6.07) is 11.4. The standard InChI is InChI=1S/C28H27N9O2/c1-18-12-20(4-5-24(18)39-21-8-11-37-26(13-21)31-17-33-37)34-27-22-14-25(29-15-23(22)30-16-32-27)36-10-7-19(28(36)38)6-9-35(2)3/h4-6,8,11-17H,7,9-10H2,1-3H3,(H,30,32,34)/b19-6+. The van der Waals surface area contributed by atoms with Crippen molar-refractivity contribution >= 4 is 39.8 Å². The maximum atomic E-state index is 13.0. The summed E-state index contributed by atoms with van der Waals surface area (Å²) in [5, 5.41) is 8.28. The van der Waals surface area contributed by atoms with Crippen LogP contribution >= 0.6 is 0 Å². The van der Waals surface area contributed by atoms with Gasteiger partial charge in [0.15, 0.2) is 5.65 Å². The van der Waals surface area contributed by atoms with E-state index in [0.29, 0.717) is 41.5 Å². The average Bonchev–Trinajstić information content (AvgIpc) is 3.55. The zero-order valence-electron chi connectivity index (χ0n) is 21.9. The Morgan fingerprint density at radius 2 is 1.97 bits per heavy atom. The first-order valence-electron chi connectivity index (χ1n) is 12.6. The quantitative estimate of drug-likeness (QED) is 0.316. The minimum atomic E-state index is -0.00978. The number of benzene rings is 1. The molecule has 0 spiro atoms. The van der Waals surface area contributed by atoms with Gasteiger partial charge in [-0.15, -0.1) is 0 Å². The fraction of sp³-hybridized carbons (Fsp3) is 0.214. The lowest BCUT2D eigenvalue weighted by Crippen LogP contribution is -2.25. The van der Waals surface area contributed by atoms with E-state index in [1.807, 2.05) is 74.6 Å². The second kappa shape index (κ2) is 10.1. The molecule has 0 atom stereocenters. The van der Waals surface area contributed by atoms with E-state index in [0.717, 1.165) is 34.5 Å². The molecule has 0 radical (unpaired) electrons. The number of hydrogen-bond donors (Lipinski definition) is 1. The highest BCUT2D eigenvalue weighted by Gasteiger charge is 2.28. The number of rotatable bonds is 7. The van der Waals surface area contributed by atoms with Gasteiger partial charge >= 0.3 is 0 Å². The SMILES string of the molecule is Cc1cc(Nc2ncnc3cnc(N4CC/C(=C\CN(C)C)C4=O)cc23)ccc1Oc1ccn2ncnc2c1. The predicted molar refractivity (Wildman–Crippen MR) is 148 cm³/mol. The van der Waals surface area contributed by atoms with Crippen molar-refractivity contribution in [3.8, 4) is 11.5 Å². The van der Waals surface area contributed by atoms with Gasteiger partial charge in [0.2, 0.25) is 0 Å². The molecule has 1 aliphatic heterocycles. The molecule has 5 heterocycles. The number of carbonyl (C=O) groups excluding carboxylic acids is 1. The van der Waals surface area contributed by atoms with Crippen molar-refractivity contribution in [1.82, 2.24) is 34.4 Å². The number of likely N-dealkylation sites (N-methyl/N-ethyl adjacent to an activating group) is 1. The number of ether oxygens (including phenoxy) is 1.